The van der Waals surface area contributed by atoms with E-state index in [1.54, 1.807) is 0 Å². The molecule has 1 saturated heterocycles. The Labute approximate surface area is 104 Å². The standard InChI is InChI=1S/C14H26O3/c1-10-3-4-13(7-11(10)2)17-9-14(15)12-5-6-16-8-12/h10-15H,3-9H2,1-2H3. The summed E-state index contributed by atoms with van der Waals surface area (Å²) in [6, 6.07) is 0. The van der Waals surface area contributed by atoms with Gasteiger partial charge in [-0.25, -0.2) is 0 Å². The SMILES string of the molecule is CC1CCC(OCC(O)C2CCOC2)CC1C. The van der Waals surface area contributed by atoms with Crippen molar-refractivity contribution in [3.05, 3.63) is 0 Å². The fourth-order valence-corrected chi connectivity index (χ4v) is 2.88. The fourth-order valence-electron chi connectivity index (χ4n) is 2.88. The summed E-state index contributed by atoms with van der Waals surface area (Å²) < 4.78 is 11.2. The van der Waals surface area contributed by atoms with Crippen molar-refractivity contribution in [3.8, 4) is 0 Å². The average Bonchev–Trinajstić information content (AvgIpc) is 2.84. The topological polar surface area (TPSA) is 38.7 Å². The molecule has 0 aromatic heterocycles. The van der Waals surface area contributed by atoms with E-state index in [2.05, 4.69) is 13.8 Å². The van der Waals surface area contributed by atoms with E-state index in [4.69, 9.17) is 9.47 Å². The van der Waals surface area contributed by atoms with Gasteiger partial charge in [0.1, 0.15) is 0 Å². The van der Waals surface area contributed by atoms with Crippen LogP contribution in [0.3, 0.4) is 0 Å². The van der Waals surface area contributed by atoms with Crippen LogP contribution in [0.4, 0.5) is 0 Å². The summed E-state index contributed by atoms with van der Waals surface area (Å²) in [5, 5.41) is 9.99. The van der Waals surface area contributed by atoms with Gasteiger partial charge in [-0.15, -0.1) is 0 Å². The smallest absolute Gasteiger partial charge is 0.0824 e. The maximum absolute atomic E-state index is 9.99. The van der Waals surface area contributed by atoms with Gasteiger partial charge in [0.2, 0.25) is 0 Å². The van der Waals surface area contributed by atoms with Crippen LogP contribution >= 0.6 is 0 Å². The third kappa shape index (κ3) is 3.67. The summed E-state index contributed by atoms with van der Waals surface area (Å²) in [6.07, 6.45) is 4.55. The van der Waals surface area contributed by atoms with Crippen LogP contribution in [0.1, 0.15) is 39.5 Å². The van der Waals surface area contributed by atoms with Gasteiger partial charge in [0.15, 0.2) is 0 Å². The minimum atomic E-state index is -0.341. The van der Waals surface area contributed by atoms with E-state index in [1.807, 2.05) is 0 Å². The lowest BCUT2D eigenvalue weighted by Gasteiger charge is -2.32. The lowest BCUT2D eigenvalue weighted by molar-refractivity contribution is -0.0550. The largest absolute Gasteiger partial charge is 0.390 e. The Morgan fingerprint density at radius 1 is 1.24 bits per heavy atom. The monoisotopic (exact) mass is 242 g/mol. The minimum absolute atomic E-state index is 0.287. The minimum Gasteiger partial charge on any atom is -0.390 e. The van der Waals surface area contributed by atoms with Crippen LogP contribution in [-0.2, 0) is 9.47 Å². The molecule has 2 fully saturated rings. The second-order valence-corrected chi connectivity index (χ2v) is 5.91. The van der Waals surface area contributed by atoms with E-state index >= 15 is 0 Å². The van der Waals surface area contributed by atoms with Crippen molar-refractivity contribution in [1.29, 1.82) is 0 Å². The molecule has 2 aliphatic rings. The first kappa shape index (κ1) is 13.3. The van der Waals surface area contributed by atoms with Crippen molar-refractivity contribution in [1.82, 2.24) is 0 Å². The molecule has 5 unspecified atom stereocenters. The zero-order valence-corrected chi connectivity index (χ0v) is 11.1. The van der Waals surface area contributed by atoms with E-state index in [0.717, 1.165) is 37.7 Å². The highest BCUT2D eigenvalue weighted by Crippen LogP contribution is 2.31. The second kappa shape index (κ2) is 6.17. The third-order valence-electron chi connectivity index (χ3n) is 4.56. The molecule has 0 radical (unpaired) electrons. The van der Waals surface area contributed by atoms with Crippen LogP contribution in [0.2, 0.25) is 0 Å². The predicted octanol–water partition coefficient (Wildman–Crippen LogP) is 2.23. The summed E-state index contributed by atoms with van der Waals surface area (Å²) in [4.78, 5) is 0. The Hall–Kier alpha value is -0.120. The highest BCUT2D eigenvalue weighted by atomic mass is 16.5. The summed E-state index contributed by atoms with van der Waals surface area (Å²) in [5.74, 6) is 1.86. The fraction of sp³-hybridized carbons (Fsp3) is 1.00. The third-order valence-corrected chi connectivity index (χ3v) is 4.56. The first-order valence-corrected chi connectivity index (χ1v) is 7.04. The van der Waals surface area contributed by atoms with Crippen LogP contribution in [0.25, 0.3) is 0 Å². The van der Waals surface area contributed by atoms with Crippen LogP contribution < -0.4 is 0 Å². The molecule has 3 heteroatoms. The van der Waals surface area contributed by atoms with Crippen molar-refractivity contribution in [2.45, 2.75) is 51.7 Å². The summed E-state index contributed by atoms with van der Waals surface area (Å²) in [5.41, 5.74) is 0. The van der Waals surface area contributed by atoms with Crippen LogP contribution in [0.5, 0.6) is 0 Å². The molecule has 1 aliphatic carbocycles. The van der Waals surface area contributed by atoms with Gasteiger partial charge >= 0.3 is 0 Å². The Balaban J connectivity index is 1.67. The molecule has 0 bridgehead atoms. The van der Waals surface area contributed by atoms with E-state index in [0.29, 0.717) is 19.3 Å². The first-order chi connectivity index (χ1) is 8.16. The van der Waals surface area contributed by atoms with Crippen molar-refractivity contribution < 1.29 is 14.6 Å². The lowest BCUT2D eigenvalue weighted by atomic mass is 9.80. The predicted molar refractivity (Wildman–Crippen MR) is 66.9 cm³/mol. The normalized spacial score (nSPS) is 40.4. The molecule has 1 heterocycles. The van der Waals surface area contributed by atoms with E-state index < -0.39 is 0 Å². The molecule has 0 spiro atoms. The van der Waals surface area contributed by atoms with E-state index in [9.17, 15) is 5.11 Å². The van der Waals surface area contributed by atoms with Gasteiger partial charge in [0.05, 0.1) is 25.4 Å². The molecule has 1 N–H and O–H groups in total. The molecule has 17 heavy (non-hydrogen) atoms. The zero-order chi connectivity index (χ0) is 12.3. The quantitative estimate of drug-likeness (QED) is 0.821. The highest BCUT2D eigenvalue weighted by Gasteiger charge is 2.28. The maximum atomic E-state index is 9.99. The molecule has 0 aromatic rings. The zero-order valence-electron chi connectivity index (χ0n) is 11.1. The molecule has 1 saturated carbocycles. The van der Waals surface area contributed by atoms with E-state index in [1.165, 1.54) is 6.42 Å². The van der Waals surface area contributed by atoms with Gasteiger partial charge < -0.3 is 14.6 Å². The average molecular weight is 242 g/mol. The molecular weight excluding hydrogens is 216 g/mol. The molecule has 0 amide bonds. The number of hydrogen-bond donors (Lipinski definition) is 1. The summed E-state index contributed by atoms with van der Waals surface area (Å²) in [6.45, 7) is 6.61. The van der Waals surface area contributed by atoms with Crippen LogP contribution in [0, 0.1) is 17.8 Å². The van der Waals surface area contributed by atoms with Gasteiger partial charge in [-0.3, -0.25) is 0 Å². The van der Waals surface area contributed by atoms with Crippen molar-refractivity contribution in [3.63, 3.8) is 0 Å². The molecule has 5 atom stereocenters. The number of hydrogen-bond acceptors (Lipinski definition) is 3. The molecule has 3 nitrogen and oxygen atoms in total. The number of rotatable bonds is 4. The second-order valence-electron chi connectivity index (χ2n) is 5.91. The molecule has 100 valence electrons. The van der Waals surface area contributed by atoms with Crippen LogP contribution in [0.15, 0.2) is 0 Å². The molecule has 1 aliphatic heterocycles. The van der Waals surface area contributed by atoms with Gasteiger partial charge in [-0.1, -0.05) is 13.8 Å². The first-order valence-electron chi connectivity index (χ1n) is 7.04. The van der Waals surface area contributed by atoms with Gasteiger partial charge in [-0.05, 0) is 37.5 Å². The number of aliphatic hydroxyl groups is 1. The van der Waals surface area contributed by atoms with Crippen molar-refractivity contribution in [2.75, 3.05) is 19.8 Å². The molecule has 2 rings (SSSR count). The number of ether oxygens (including phenoxy) is 2. The highest BCUT2D eigenvalue weighted by molar-refractivity contribution is 4.77. The Morgan fingerprint density at radius 3 is 2.71 bits per heavy atom. The van der Waals surface area contributed by atoms with Gasteiger partial charge in [-0.2, -0.15) is 0 Å². The van der Waals surface area contributed by atoms with Gasteiger partial charge in [0, 0.05) is 12.5 Å². The van der Waals surface area contributed by atoms with Crippen LogP contribution in [-0.4, -0.2) is 37.1 Å². The lowest BCUT2D eigenvalue weighted by Crippen LogP contribution is -2.32. The Kier molecular flexibility index (Phi) is 4.83. The molecular formula is C14H26O3. The Morgan fingerprint density at radius 2 is 2.06 bits per heavy atom. The molecule has 0 aromatic carbocycles. The van der Waals surface area contributed by atoms with Crippen molar-refractivity contribution >= 4 is 0 Å². The Bertz CT molecular complexity index is 226. The summed E-state index contributed by atoms with van der Waals surface area (Å²) >= 11 is 0. The van der Waals surface area contributed by atoms with Gasteiger partial charge in [0.25, 0.3) is 0 Å². The van der Waals surface area contributed by atoms with Crippen molar-refractivity contribution in [2.24, 2.45) is 17.8 Å². The summed E-state index contributed by atoms with van der Waals surface area (Å²) in [7, 11) is 0. The number of aliphatic hydroxyl groups excluding tert-OH is 1. The van der Waals surface area contributed by atoms with E-state index in [-0.39, 0.29) is 12.0 Å². The maximum Gasteiger partial charge on any atom is 0.0824 e.